The molecule has 10 atom stereocenters. The highest BCUT2D eigenvalue weighted by atomic mass is 16.6. The molecule has 0 spiro atoms. The number of aliphatic hydroxyl groups excluding tert-OH is 10. The normalized spacial score (nSPS) is 49.2. The van der Waals surface area contributed by atoms with Gasteiger partial charge in [0.15, 0.2) is 12.6 Å². The molecule has 12 nitrogen and oxygen atoms in total. The molecule has 2 rings (SSSR count). The van der Waals surface area contributed by atoms with Crippen molar-refractivity contribution in [3.8, 4) is 0 Å². The van der Waals surface area contributed by atoms with Crippen molar-refractivity contribution < 1.29 is 60.5 Å². The first-order chi connectivity index (χ1) is 11.1. The second-order valence-electron chi connectivity index (χ2n) is 5.44. The van der Waals surface area contributed by atoms with E-state index in [1.165, 1.54) is 0 Å². The van der Waals surface area contributed by atoms with Crippen molar-refractivity contribution in [1.29, 1.82) is 0 Å². The van der Waals surface area contributed by atoms with Crippen LogP contribution in [-0.4, -0.2) is 126 Å². The molecule has 0 amide bonds. The fourth-order valence-corrected chi connectivity index (χ4v) is 2.16. The Hall–Kier alpha value is -0.480. The lowest BCUT2D eigenvalue weighted by molar-refractivity contribution is -0.286. The van der Waals surface area contributed by atoms with Crippen LogP contribution in [0.5, 0.6) is 0 Å². The van der Waals surface area contributed by atoms with Crippen molar-refractivity contribution in [3.63, 3.8) is 0 Å². The fourth-order valence-electron chi connectivity index (χ4n) is 2.16. The predicted molar refractivity (Wildman–Crippen MR) is 72.0 cm³/mol. The van der Waals surface area contributed by atoms with Crippen LogP contribution >= 0.6 is 0 Å². The summed E-state index contributed by atoms with van der Waals surface area (Å²) in [4.78, 5) is 0. The maximum atomic E-state index is 9.12. The summed E-state index contributed by atoms with van der Waals surface area (Å²) >= 11 is 0. The third kappa shape index (κ3) is 4.78. The molecular formula is C12H24O12. The van der Waals surface area contributed by atoms with E-state index in [0.29, 0.717) is 0 Å². The van der Waals surface area contributed by atoms with E-state index in [1.54, 1.807) is 0 Å². The molecule has 0 aliphatic carbocycles. The summed E-state index contributed by atoms with van der Waals surface area (Å²) < 4.78 is 9.15. The highest BCUT2D eigenvalue weighted by molar-refractivity contribution is 4.88. The Morgan fingerprint density at radius 2 is 0.750 bits per heavy atom. The van der Waals surface area contributed by atoms with E-state index < -0.39 is 74.6 Å². The van der Waals surface area contributed by atoms with Gasteiger partial charge < -0.3 is 60.5 Å². The number of hydrogen-bond acceptors (Lipinski definition) is 12. The van der Waals surface area contributed by atoms with Crippen molar-refractivity contribution in [2.45, 2.75) is 61.4 Å². The molecule has 0 radical (unpaired) electrons. The van der Waals surface area contributed by atoms with E-state index >= 15 is 0 Å². The Balaban J connectivity index is 0.000000240. The first-order valence-electron chi connectivity index (χ1n) is 7.12. The van der Waals surface area contributed by atoms with Gasteiger partial charge in [0.1, 0.15) is 48.8 Å². The lowest BCUT2D eigenvalue weighted by Gasteiger charge is -2.37. The van der Waals surface area contributed by atoms with Gasteiger partial charge in [-0.15, -0.1) is 0 Å². The quantitative estimate of drug-likeness (QED) is 0.222. The molecule has 2 aliphatic heterocycles. The first kappa shape index (κ1) is 21.6. The van der Waals surface area contributed by atoms with Gasteiger partial charge in [-0.25, -0.2) is 0 Å². The van der Waals surface area contributed by atoms with E-state index in [9.17, 15) is 0 Å². The molecule has 10 N–H and O–H groups in total. The summed E-state index contributed by atoms with van der Waals surface area (Å²) in [7, 11) is 0. The van der Waals surface area contributed by atoms with Crippen molar-refractivity contribution in [2.75, 3.05) is 13.2 Å². The highest BCUT2D eigenvalue weighted by Crippen LogP contribution is 2.19. The van der Waals surface area contributed by atoms with E-state index in [-0.39, 0.29) is 0 Å². The van der Waals surface area contributed by atoms with Crippen LogP contribution in [0.4, 0.5) is 0 Å². The molecule has 2 aliphatic rings. The number of aliphatic hydroxyl groups is 10. The maximum Gasteiger partial charge on any atom is 0.184 e. The van der Waals surface area contributed by atoms with E-state index in [4.69, 9.17) is 51.1 Å². The molecule has 0 bridgehead atoms. The summed E-state index contributed by atoms with van der Waals surface area (Å²) in [6.07, 6.45) is -14.1. The molecule has 0 aromatic rings. The second kappa shape index (κ2) is 9.28. The van der Waals surface area contributed by atoms with Crippen LogP contribution in [0, 0.1) is 0 Å². The van der Waals surface area contributed by atoms with Crippen LogP contribution in [0.3, 0.4) is 0 Å². The summed E-state index contributed by atoms with van der Waals surface area (Å²) in [5.74, 6) is 0. The number of ether oxygens (including phenoxy) is 2. The molecule has 144 valence electrons. The molecule has 2 heterocycles. The van der Waals surface area contributed by atoms with E-state index in [1.807, 2.05) is 0 Å². The van der Waals surface area contributed by atoms with Crippen LogP contribution in [0.25, 0.3) is 0 Å². The minimum atomic E-state index is -1.57. The Kier molecular flexibility index (Phi) is 8.34. The van der Waals surface area contributed by atoms with E-state index in [2.05, 4.69) is 9.47 Å². The first-order valence-corrected chi connectivity index (χ1v) is 7.12. The molecule has 0 saturated carbocycles. The zero-order valence-corrected chi connectivity index (χ0v) is 12.5. The average molecular weight is 360 g/mol. The van der Waals surface area contributed by atoms with Gasteiger partial charge in [0, 0.05) is 0 Å². The topological polar surface area (TPSA) is 221 Å². The summed E-state index contributed by atoms with van der Waals surface area (Å²) in [6, 6.07) is 0. The zero-order valence-electron chi connectivity index (χ0n) is 12.5. The Bertz CT molecular complexity index is 326. The third-order valence-electron chi connectivity index (χ3n) is 3.73. The third-order valence-corrected chi connectivity index (χ3v) is 3.73. The highest BCUT2D eigenvalue weighted by Gasteiger charge is 2.43. The molecular weight excluding hydrogens is 336 g/mol. The van der Waals surface area contributed by atoms with Gasteiger partial charge in [0.05, 0.1) is 13.2 Å². The van der Waals surface area contributed by atoms with Gasteiger partial charge in [0.2, 0.25) is 0 Å². The maximum absolute atomic E-state index is 9.12. The molecule has 12 heteroatoms. The van der Waals surface area contributed by atoms with Crippen LogP contribution in [-0.2, 0) is 9.47 Å². The molecule has 0 unspecified atom stereocenters. The lowest BCUT2D eigenvalue weighted by Crippen LogP contribution is -2.58. The number of hydrogen-bond donors (Lipinski definition) is 10. The Morgan fingerprint density at radius 3 is 1.00 bits per heavy atom. The fraction of sp³-hybridized carbons (Fsp3) is 1.00. The molecule has 0 aromatic carbocycles. The average Bonchev–Trinajstić information content (AvgIpc) is 2.58. The Labute approximate surface area is 136 Å². The van der Waals surface area contributed by atoms with Crippen molar-refractivity contribution in [3.05, 3.63) is 0 Å². The summed E-state index contributed by atoms with van der Waals surface area (Å²) in [5.41, 5.74) is 0. The van der Waals surface area contributed by atoms with Gasteiger partial charge in [-0.1, -0.05) is 0 Å². The van der Waals surface area contributed by atoms with Crippen LogP contribution in [0.1, 0.15) is 0 Å². The monoisotopic (exact) mass is 360 g/mol. The minimum Gasteiger partial charge on any atom is -0.394 e. The largest absolute Gasteiger partial charge is 0.394 e. The zero-order chi connectivity index (χ0) is 18.6. The van der Waals surface area contributed by atoms with Crippen molar-refractivity contribution >= 4 is 0 Å². The van der Waals surface area contributed by atoms with Crippen LogP contribution in [0.2, 0.25) is 0 Å². The van der Waals surface area contributed by atoms with Crippen LogP contribution < -0.4 is 0 Å². The van der Waals surface area contributed by atoms with Gasteiger partial charge in [-0.2, -0.15) is 0 Å². The van der Waals surface area contributed by atoms with Crippen molar-refractivity contribution in [1.82, 2.24) is 0 Å². The second-order valence-corrected chi connectivity index (χ2v) is 5.44. The number of rotatable bonds is 2. The van der Waals surface area contributed by atoms with Gasteiger partial charge in [-0.05, 0) is 0 Å². The smallest absolute Gasteiger partial charge is 0.184 e. The summed E-state index contributed by atoms with van der Waals surface area (Å²) in [6.45, 7) is -1.05. The molecule has 0 aromatic heterocycles. The summed E-state index contributed by atoms with van der Waals surface area (Å²) in [5, 5.41) is 89.3. The SMILES string of the molecule is OC[C@H]1O[C@H](O)[C@H](O)[C@@H](O)[C@@H]1O.OC[C@H]1O[C@H](O)[C@H](O)[C@@H](O)[C@@H]1O. The Morgan fingerprint density at radius 1 is 0.458 bits per heavy atom. The van der Waals surface area contributed by atoms with Crippen molar-refractivity contribution in [2.24, 2.45) is 0 Å². The lowest BCUT2D eigenvalue weighted by atomic mass is 10.00. The molecule has 24 heavy (non-hydrogen) atoms. The minimum absolute atomic E-state index is 0.526. The van der Waals surface area contributed by atoms with Crippen LogP contribution in [0.15, 0.2) is 0 Å². The standard InChI is InChI=1S/2C6H12O6/c2*7-1-2-3(8)4(9)5(10)6(11)12-2/h2*2-11H,1H2/t2*2-,3-,4+,5-,6+/m11/s1. The molecule has 2 saturated heterocycles. The van der Waals surface area contributed by atoms with Gasteiger partial charge in [-0.3, -0.25) is 0 Å². The van der Waals surface area contributed by atoms with E-state index in [0.717, 1.165) is 0 Å². The predicted octanol–water partition coefficient (Wildman–Crippen LogP) is -6.44. The molecule has 2 fully saturated rings. The van der Waals surface area contributed by atoms with Gasteiger partial charge >= 0.3 is 0 Å². The van der Waals surface area contributed by atoms with Gasteiger partial charge in [0.25, 0.3) is 0 Å².